The number of nitrogens with one attached hydrogen (secondary N) is 1. The smallest absolute Gasteiger partial charge is 0.123 e. The summed E-state index contributed by atoms with van der Waals surface area (Å²) >= 11 is 0. The third-order valence-corrected chi connectivity index (χ3v) is 4.20. The summed E-state index contributed by atoms with van der Waals surface area (Å²) in [5.74, 6) is 1.77. The predicted molar refractivity (Wildman–Crippen MR) is 85.3 cm³/mol. The highest BCUT2D eigenvalue weighted by molar-refractivity contribution is 5.42. The van der Waals surface area contributed by atoms with E-state index < -0.39 is 0 Å². The molecular weight excluding hydrogens is 266 g/mol. The van der Waals surface area contributed by atoms with Crippen molar-refractivity contribution in [3.8, 4) is 11.5 Å². The van der Waals surface area contributed by atoms with E-state index in [4.69, 9.17) is 9.47 Å². The molecule has 1 unspecified atom stereocenters. The van der Waals surface area contributed by atoms with Crippen molar-refractivity contribution in [3.63, 3.8) is 0 Å². The maximum absolute atomic E-state index is 5.51. The number of methoxy groups -OCH3 is 2. The van der Waals surface area contributed by atoms with Crippen molar-refractivity contribution < 1.29 is 9.47 Å². The molecule has 5 nitrogen and oxygen atoms in total. The van der Waals surface area contributed by atoms with Gasteiger partial charge in [-0.25, -0.2) is 0 Å². The summed E-state index contributed by atoms with van der Waals surface area (Å²) < 4.78 is 10.9. The summed E-state index contributed by atoms with van der Waals surface area (Å²) in [4.78, 5) is 4.87. The highest BCUT2D eigenvalue weighted by atomic mass is 16.5. The maximum atomic E-state index is 5.51. The first-order valence-corrected chi connectivity index (χ1v) is 7.48. The van der Waals surface area contributed by atoms with Crippen LogP contribution < -0.4 is 14.8 Å². The van der Waals surface area contributed by atoms with Crippen LogP contribution in [-0.2, 0) is 0 Å². The number of rotatable bonds is 6. The highest BCUT2D eigenvalue weighted by Gasteiger charge is 2.21. The fraction of sp³-hybridized carbons (Fsp3) is 0.625. The van der Waals surface area contributed by atoms with Gasteiger partial charge in [0.15, 0.2) is 0 Å². The van der Waals surface area contributed by atoms with Gasteiger partial charge in [0, 0.05) is 44.3 Å². The molecule has 0 aromatic heterocycles. The Hall–Kier alpha value is -1.30. The van der Waals surface area contributed by atoms with Gasteiger partial charge >= 0.3 is 0 Å². The minimum absolute atomic E-state index is 0.235. The van der Waals surface area contributed by atoms with Gasteiger partial charge in [-0.05, 0) is 32.3 Å². The van der Waals surface area contributed by atoms with Crippen molar-refractivity contribution in [2.45, 2.75) is 6.04 Å². The average molecular weight is 293 g/mol. The Morgan fingerprint density at radius 3 is 2.43 bits per heavy atom. The highest BCUT2D eigenvalue weighted by Crippen LogP contribution is 2.29. The molecule has 0 spiro atoms. The van der Waals surface area contributed by atoms with Crippen molar-refractivity contribution >= 4 is 0 Å². The zero-order valence-electron chi connectivity index (χ0n) is 13.6. The molecule has 1 saturated heterocycles. The zero-order chi connectivity index (χ0) is 15.2. The second-order valence-electron chi connectivity index (χ2n) is 5.55. The van der Waals surface area contributed by atoms with Gasteiger partial charge in [-0.3, -0.25) is 4.90 Å². The summed E-state index contributed by atoms with van der Waals surface area (Å²) in [5.41, 5.74) is 1.15. The monoisotopic (exact) mass is 293 g/mol. The first kappa shape index (κ1) is 16.1. The molecule has 0 aliphatic carbocycles. The van der Waals surface area contributed by atoms with Crippen LogP contribution >= 0.6 is 0 Å². The van der Waals surface area contributed by atoms with Crippen LogP contribution in [0.15, 0.2) is 18.2 Å². The Balaban J connectivity index is 2.12. The van der Waals surface area contributed by atoms with E-state index in [1.807, 2.05) is 19.2 Å². The van der Waals surface area contributed by atoms with Gasteiger partial charge in [0.2, 0.25) is 0 Å². The third kappa shape index (κ3) is 4.09. The molecule has 1 aliphatic rings. The lowest BCUT2D eigenvalue weighted by Gasteiger charge is -2.35. The van der Waals surface area contributed by atoms with Crippen LogP contribution in [0.1, 0.15) is 11.6 Å². The first-order valence-electron chi connectivity index (χ1n) is 7.48. The summed E-state index contributed by atoms with van der Waals surface area (Å²) in [6, 6.07) is 6.21. The molecule has 0 saturated carbocycles. The standard InChI is InChI=1S/C16H27N3O2/c1-17-15(12-19-9-7-18(2)8-10-19)14-11-13(20-3)5-6-16(14)21-4/h5-6,11,15,17H,7-10,12H2,1-4H3. The molecule has 1 aromatic carbocycles. The molecule has 1 aliphatic heterocycles. The molecule has 1 N–H and O–H groups in total. The molecule has 21 heavy (non-hydrogen) atoms. The lowest BCUT2D eigenvalue weighted by atomic mass is 10.0. The molecule has 1 heterocycles. The Kier molecular flexibility index (Phi) is 5.85. The van der Waals surface area contributed by atoms with E-state index in [0.717, 1.165) is 49.8 Å². The second-order valence-corrected chi connectivity index (χ2v) is 5.55. The second kappa shape index (κ2) is 7.64. The van der Waals surface area contributed by atoms with Crippen LogP contribution in [0.4, 0.5) is 0 Å². The minimum atomic E-state index is 0.235. The van der Waals surface area contributed by atoms with Crippen molar-refractivity contribution in [1.82, 2.24) is 15.1 Å². The SMILES string of the molecule is CNC(CN1CCN(C)CC1)c1cc(OC)ccc1OC. The zero-order valence-corrected chi connectivity index (χ0v) is 13.6. The van der Waals surface area contributed by atoms with Crippen LogP contribution in [-0.4, -0.2) is 70.8 Å². The fourth-order valence-electron chi connectivity index (χ4n) is 2.75. The van der Waals surface area contributed by atoms with Crippen molar-refractivity contribution in [1.29, 1.82) is 0 Å². The Morgan fingerprint density at radius 1 is 1.14 bits per heavy atom. The van der Waals surface area contributed by atoms with E-state index in [2.05, 4.69) is 28.2 Å². The van der Waals surface area contributed by atoms with Gasteiger partial charge < -0.3 is 19.7 Å². The average Bonchev–Trinajstić information content (AvgIpc) is 2.53. The van der Waals surface area contributed by atoms with E-state index in [-0.39, 0.29) is 6.04 Å². The van der Waals surface area contributed by atoms with Gasteiger partial charge in [0.25, 0.3) is 0 Å². The van der Waals surface area contributed by atoms with Crippen LogP contribution in [0.2, 0.25) is 0 Å². The van der Waals surface area contributed by atoms with Crippen LogP contribution in [0, 0.1) is 0 Å². The van der Waals surface area contributed by atoms with Crippen LogP contribution in [0.25, 0.3) is 0 Å². The Bertz CT molecular complexity index is 445. The minimum Gasteiger partial charge on any atom is -0.497 e. The first-order chi connectivity index (χ1) is 10.2. The number of benzene rings is 1. The normalized spacial score (nSPS) is 18.5. The van der Waals surface area contributed by atoms with E-state index in [1.165, 1.54) is 0 Å². The summed E-state index contributed by atoms with van der Waals surface area (Å²) in [7, 11) is 7.59. The van der Waals surface area contributed by atoms with Crippen molar-refractivity contribution in [3.05, 3.63) is 23.8 Å². The number of nitrogens with zero attached hydrogens (tertiary/aromatic N) is 2. The number of ether oxygens (including phenoxy) is 2. The predicted octanol–water partition coefficient (Wildman–Crippen LogP) is 1.21. The molecular formula is C16H27N3O2. The Labute approximate surface area is 127 Å². The summed E-state index contributed by atoms with van der Waals surface area (Å²) in [5, 5.41) is 3.41. The van der Waals surface area contributed by atoms with Crippen molar-refractivity contribution in [2.24, 2.45) is 0 Å². The summed E-state index contributed by atoms with van der Waals surface area (Å²) in [6.07, 6.45) is 0. The number of hydrogen-bond donors (Lipinski definition) is 1. The largest absolute Gasteiger partial charge is 0.497 e. The van der Waals surface area contributed by atoms with Gasteiger partial charge in [0.1, 0.15) is 11.5 Å². The topological polar surface area (TPSA) is 37.0 Å². The van der Waals surface area contributed by atoms with Gasteiger partial charge in [0.05, 0.1) is 14.2 Å². The lowest BCUT2D eigenvalue weighted by molar-refractivity contribution is 0.143. The number of piperazine rings is 1. The number of hydrogen-bond acceptors (Lipinski definition) is 5. The summed E-state index contributed by atoms with van der Waals surface area (Å²) in [6.45, 7) is 5.47. The molecule has 1 aromatic rings. The van der Waals surface area contributed by atoms with Gasteiger partial charge in [-0.1, -0.05) is 0 Å². The fourth-order valence-corrected chi connectivity index (χ4v) is 2.75. The molecule has 5 heteroatoms. The molecule has 1 atom stereocenters. The van der Waals surface area contributed by atoms with Gasteiger partial charge in [-0.2, -0.15) is 0 Å². The van der Waals surface area contributed by atoms with E-state index in [9.17, 15) is 0 Å². The molecule has 0 bridgehead atoms. The van der Waals surface area contributed by atoms with Crippen molar-refractivity contribution in [2.75, 3.05) is 61.0 Å². The quantitative estimate of drug-likeness (QED) is 0.853. The molecule has 0 amide bonds. The lowest BCUT2D eigenvalue weighted by Crippen LogP contribution is -2.47. The number of likely N-dealkylation sites (N-methyl/N-ethyl adjacent to an activating group) is 2. The molecule has 118 valence electrons. The molecule has 0 radical (unpaired) electrons. The molecule has 2 rings (SSSR count). The Morgan fingerprint density at radius 2 is 1.86 bits per heavy atom. The van der Waals surface area contributed by atoms with E-state index >= 15 is 0 Å². The van der Waals surface area contributed by atoms with E-state index in [1.54, 1.807) is 14.2 Å². The maximum Gasteiger partial charge on any atom is 0.123 e. The third-order valence-electron chi connectivity index (χ3n) is 4.20. The van der Waals surface area contributed by atoms with Crippen LogP contribution in [0.5, 0.6) is 11.5 Å². The van der Waals surface area contributed by atoms with E-state index in [0.29, 0.717) is 0 Å². The van der Waals surface area contributed by atoms with Crippen LogP contribution in [0.3, 0.4) is 0 Å². The van der Waals surface area contributed by atoms with Gasteiger partial charge in [-0.15, -0.1) is 0 Å². The molecule has 1 fully saturated rings.